The first kappa shape index (κ1) is 22.6. The van der Waals surface area contributed by atoms with Crippen molar-refractivity contribution in [2.45, 2.75) is 6.92 Å². The summed E-state index contributed by atoms with van der Waals surface area (Å²) >= 11 is 0. The minimum atomic E-state index is 0.763. The van der Waals surface area contributed by atoms with Crippen molar-refractivity contribution < 1.29 is 0 Å². The van der Waals surface area contributed by atoms with Crippen LogP contribution in [-0.4, -0.2) is 9.97 Å². The molecule has 0 unspecified atom stereocenters. The highest BCUT2D eigenvalue weighted by Gasteiger charge is 2.09. The van der Waals surface area contributed by atoms with Crippen LogP contribution in [-0.2, 0) is 0 Å². The molecule has 0 bridgehead atoms. The normalized spacial score (nSPS) is 10.8. The third-order valence-corrected chi connectivity index (χ3v) is 6.61. The van der Waals surface area contributed by atoms with Crippen LogP contribution >= 0.6 is 0 Å². The van der Waals surface area contributed by atoms with E-state index in [2.05, 4.69) is 127 Å². The molecule has 0 aliphatic heterocycles. The van der Waals surface area contributed by atoms with Gasteiger partial charge in [0.1, 0.15) is 5.82 Å². The SMILES string of the molecule is Cc1nc(-c2ccc(-c3ccccc3)cc2)cc(-c2ccc(-c3cccc(-c4ccccc4)c3)cc2)n1. The van der Waals surface area contributed by atoms with E-state index in [1.165, 1.54) is 33.4 Å². The van der Waals surface area contributed by atoms with Crippen LogP contribution in [0.25, 0.3) is 55.9 Å². The Balaban J connectivity index is 1.28. The largest absolute Gasteiger partial charge is 0.233 e. The number of aryl methyl sites for hydroxylation is 1. The lowest BCUT2D eigenvalue weighted by Crippen LogP contribution is -1.95. The molecule has 6 rings (SSSR count). The number of nitrogens with zero attached hydrogens (tertiary/aromatic N) is 2. The number of hydrogen-bond acceptors (Lipinski definition) is 2. The summed E-state index contributed by atoms with van der Waals surface area (Å²) in [4.78, 5) is 9.46. The van der Waals surface area contributed by atoms with Gasteiger partial charge < -0.3 is 0 Å². The van der Waals surface area contributed by atoms with E-state index < -0.39 is 0 Å². The summed E-state index contributed by atoms with van der Waals surface area (Å²) < 4.78 is 0. The first-order valence-electron chi connectivity index (χ1n) is 12.5. The van der Waals surface area contributed by atoms with Gasteiger partial charge in [0, 0.05) is 11.1 Å². The standard InChI is InChI=1S/C35H26N2/c1-25-36-34(30-19-15-28(16-20-30)26-9-4-2-5-10-26)24-35(37-25)31-21-17-29(18-22-31)33-14-8-13-32(23-33)27-11-6-3-7-12-27/h2-24H,1H3. The zero-order valence-electron chi connectivity index (χ0n) is 20.7. The van der Waals surface area contributed by atoms with E-state index in [9.17, 15) is 0 Å². The van der Waals surface area contributed by atoms with Crippen molar-refractivity contribution in [2.75, 3.05) is 0 Å². The van der Waals surface area contributed by atoms with Gasteiger partial charge in [-0.3, -0.25) is 0 Å². The third-order valence-electron chi connectivity index (χ3n) is 6.61. The van der Waals surface area contributed by atoms with Gasteiger partial charge in [0.15, 0.2) is 0 Å². The first-order valence-corrected chi connectivity index (χ1v) is 12.5. The number of rotatable bonds is 5. The lowest BCUT2D eigenvalue weighted by Gasteiger charge is -2.10. The molecular weight excluding hydrogens is 448 g/mol. The Morgan fingerprint density at radius 3 is 1.16 bits per heavy atom. The minimum absolute atomic E-state index is 0.763. The Morgan fingerprint density at radius 2 is 0.676 bits per heavy atom. The highest BCUT2D eigenvalue weighted by Crippen LogP contribution is 2.30. The molecule has 6 aromatic rings. The molecule has 37 heavy (non-hydrogen) atoms. The van der Waals surface area contributed by atoms with E-state index in [0.29, 0.717) is 0 Å². The fraction of sp³-hybridized carbons (Fsp3) is 0.0286. The zero-order valence-corrected chi connectivity index (χ0v) is 20.7. The second-order valence-corrected chi connectivity index (χ2v) is 9.15. The number of aromatic nitrogens is 2. The summed E-state index contributed by atoms with van der Waals surface area (Å²) in [5, 5.41) is 0. The first-order chi connectivity index (χ1) is 18.2. The molecule has 2 nitrogen and oxygen atoms in total. The van der Waals surface area contributed by atoms with E-state index >= 15 is 0 Å². The Morgan fingerprint density at radius 1 is 0.324 bits per heavy atom. The molecule has 0 aliphatic carbocycles. The summed E-state index contributed by atoms with van der Waals surface area (Å²) in [6.45, 7) is 1.95. The smallest absolute Gasteiger partial charge is 0.126 e. The monoisotopic (exact) mass is 474 g/mol. The predicted molar refractivity (Wildman–Crippen MR) is 154 cm³/mol. The summed E-state index contributed by atoms with van der Waals surface area (Å²) in [5.41, 5.74) is 11.3. The summed E-state index contributed by atoms with van der Waals surface area (Å²) in [6, 6.07) is 48.9. The molecule has 0 radical (unpaired) electrons. The Labute approximate surface area is 218 Å². The van der Waals surface area contributed by atoms with Crippen molar-refractivity contribution >= 4 is 0 Å². The fourth-order valence-corrected chi connectivity index (χ4v) is 4.67. The Bertz CT molecular complexity index is 1640. The van der Waals surface area contributed by atoms with Gasteiger partial charge in [-0.2, -0.15) is 0 Å². The maximum atomic E-state index is 4.74. The molecule has 0 N–H and O–H groups in total. The van der Waals surface area contributed by atoms with E-state index in [-0.39, 0.29) is 0 Å². The molecule has 0 amide bonds. The second kappa shape index (κ2) is 10.0. The second-order valence-electron chi connectivity index (χ2n) is 9.15. The summed E-state index contributed by atoms with van der Waals surface area (Å²) in [5.74, 6) is 0.763. The van der Waals surface area contributed by atoms with Gasteiger partial charge in [-0.1, -0.05) is 127 Å². The van der Waals surface area contributed by atoms with Crippen LogP contribution in [0.5, 0.6) is 0 Å². The fourth-order valence-electron chi connectivity index (χ4n) is 4.67. The van der Waals surface area contributed by atoms with Gasteiger partial charge in [0.05, 0.1) is 11.4 Å². The lowest BCUT2D eigenvalue weighted by molar-refractivity contribution is 1.06. The highest BCUT2D eigenvalue weighted by atomic mass is 14.9. The van der Waals surface area contributed by atoms with Gasteiger partial charge in [-0.05, 0) is 52.4 Å². The summed E-state index contributed by atoms with van der Waals surface area (Å²) in [6.07, 6.45) is 0. The molecule has 0 fully saturated rings. The third kappa shape index (κ3) is 4.96. The van der Waals surface area contributed by atoms with Crippen LogP contribution in [0, 0.1) is 6.92 Å². The van der Waals surface area contributed by atoms with E-state index in [1.54, 1.807) is 0 Å². The molecule has 5 aromatic carbocycles. The van der Waals surface area contributed by atoms with Crippen molar-refractivity contribution in [3.05, 3.63) is 145 Å². The predicted octanol–water partition coefficient (Wildman–Crippen LogP) is 9.12. The van der Waals surface area contributed by atoms with E-state index in [0.717, 1.165) is 28.3 Å². The maximum absolute atomic E-state index is 4.74. The molecule has 0 spiro atoms. The van der Waals surface area contributed by atoms with Gasteiger partial charge >= 0.3 is 0 Å². The topological polar surface area (TPSA) is 25.8 Å². The average molecular weight is 475 g/mol. The van der Waals surface area contributed by atoms with Crippen LogP contribution in [0.2, 0.25) is 0 Å². The van der Waals surface area contributed by atoms with E-state index in [4.69, 9.17) is 9.97 Å². The van der Waals surface area contributed by atoms with Crippen molar-refractivity contribution in [3.8, 4) is 55.9 Å². The Hall–Kier alpha value is -4.82. The maximum Gasteiger partial charge on any atom is 0.126 e. The van der Waals surface area contributed by atoms with Crippen LogP contribution in [0.15, 0.2) is 140 Å². The quantitative estimate of drug-likeness (QED) is 0.249. The number of benzene rings is 5. The molecular formula is C35H26N2. The van der Waals surface area contributed by atoms with Gasteiger partial charge in [0.2, 0.25) is 0 Å². The molecule has 2 heteroatoms. The molecule has 0 saturated carbocycles. The molecule has 0 atom stereocenters. The molecule has 1 heterocycles. The van der Waals surface area contributed by atoms with Gasteiger partial charge in [0.25, 0.3) is 0 Å². The van der Waals surface area contributed by atoms with Crippen LogP contribution in [0.1, 0.15) is 5.82 Å². The van der Waals surface area contributed by atoms with Crippen molar-refractivity contribution in [1.29, 1.82) is 0 Å². The van der Waals surface area contributed by atoms with Crippen molar-refractivity contribution in [2.24, 2.45) is 0 Å². The Kier molecular flexibility index (Phi) is 6.14. The molecule has 0 saturated heterocycles. The molecule has 176 valence electrons. The van der Waals surface area contributed by atoms with Crippen LogP contribution < -0.4 is 0 Å². The zero-order chi connectivity index (χ0) is 25.0. The summed E-state index contributed by atoms with van der Waals surface area (Å²) in [7, 11) is 0. The molecule has 1 aromatic heterocycles. The van der Waals surface area contributed by atoms with Gasteiger partial charge in [-0.15, -0.1) is 0 Å². The van der Waals surface area contributed by atoms with Crippen molar-refractivity contribution in [1.82, 2.24) is 9.97 Å². The molecule has 0 aliphatic rings. The lowest BCUT2D eigenvalue weighted by atomic mass is 9.98. The van der Waals surface area contributed by atoms with E-state index in [1.807, 2.05) is 19.1 Å². The number of hydrogen-bond donors (Lipinski definition) is 0. The average Bonchev–Trinajstić information content (AvgIpc) is 2.98. The van der Waals surface area contributed by atoms with Crippen LogP contribution in [0.3, 0.4) is 0 Å². The highest BCUT2D eigenvalue weighted by molar-refractivity contribution is 5.76. The minimum Gasteiger partial charge on any atom is -0.233 e. The van der Waals surface area contributed by atoms with Crippen LogP contribution in [0.4, 0.5) is 0 Å². The van der Waals surface area contributed by atoms with Crippen molar-refractivity contribution in [3.63, 3.8) is 0 Å². The van der Waals surface area contributed by atoms with Gasteiger partial charge in [-0.25, -0.2) is 9.97 Å².